The van der Waals surface area contributed by atoms with Gasteiger partial charge < -0.3 is 9.72 Å². The normalized spacial score (nSPS) is 17.7. The SMILES string of the molecule is COc1ccc(Cn2nnnc2C(c2cc3cccc(C)c3[nH]c2=O)N2CCCC(C)C2)cc1. The van der Waals surface area contributed by atoms with Crippen LogP contribution in [0.2, 0.25) is 0 Å². The Labute approximate surface area is 198 Å². The van der Waals surface area contributed by atoms with Crippen molar-refractivity contribution in [3.8, 4) is 5.75 Å². The highest BCUT2D eigenvalue weighted by Gasteiger charge is 2.32. The van der Waals surface area contributed by atoms with Crippen LogP contribution in [0.15, 0.2) is 53.3 Å². The summed E-state index contributed by atoms with van der Waals surface area (Å²) in [6, 6.07) is 15.6. The van der Waals surface area contributed by atoms with E-state index in [1.54, 1.807) is 7.11 Å². The summed E-state index contributed by atoms with van der Waals surface area (Å²) in [6.45, 7) is 6.58. The van der Waals surface area contributed by atoms with Gasteiger partial charge in [-0.1, -0.05) is 37.3 Å². The van der Waals surface area contributed by atoms with E-state index in [1.165, 1.54) is 6.42 Å². The van der Waals surface area contributed by atoms with Gasteiger partial charge in [0, 0.05) is 12.1 Å². The van der Waals surface area contributed by atoms with Crippen LogP contribution in [0.1, 0.15) is 48.3 Å². The smallest absolute Gasteiger partial charge is 0.253 e. The maximum absolute atomic E-state index is 13.4. The summed E-state index contributed by atoms with van der Waals surface area (Å²) in [4.78, 5) is 18.9. The number of para-hydroxylation sites is 1. The molecule has 8 nitrogen and oxygen atoms in total. The average molecular weight is 459 g/mol. The summed E-state index contributed by atoms with van der Waals surface area (Å²) < 4.78 is 7.09. The Hall–Kier alpha value is -3.52. The number of hydrogen-bond donors (Lipinski definition) is 1. The van der Waals surface area contributed by atoms with Crippen molar-refractivity contribution in [1.82, 2.24) is 30.1 Å². The first-order chi connectivity index (χ1) is 16.5. The van der Waals surface area contributed by atoms with Gasteiger partial charge in [0.15, 0.2) is 5.82 Å². The largest absolute Gasteiger partial charge is 0.497 e. The van der Waals surface area contributed by atoms with Gasteiger partial charge in [0.1, 0.15) is 11.8 Å². The first-order valence-corrected chi connectivity index (χ1v) is 11.8. The Bertz CT molecular complexity index is 1340. The second kappa shape index (κ2) is 9.38. The number of methoxy groups -OCH3 is 1. The van der Waals surface area contributed by atoms with Gasteiger partial charge in [-0.25, -0.2) is 4.68 Å². The number of piperidine rings is 1. The molecule has 176 valence electrons. The summed E-state index contributed by atoms with van der Waals surface area (Å²) in [5.74, 6) is 2.03. The maximum atomic E-state index is 13.4. The van der Waals surface area contributed by atoms with Crippen LogP contribution in [0.5, 0.6) is 5.75 Å². The molecule has 1 aliphatic heterocycles. The Morgan fingerprint density at radius 2 is 2.03 bits per heavy atom. The molecule has 0 aliphatic carbocycles. The lowest BCUT2D eigenvalue weighted by Crippen LogP contribution is -2.41. The number of tetrazole rings is 1. The van der Waals surface area contributed by atoms with Gasteiger partial charge >= 0.3 is 0 Å². The third kappa shape index (κ3) is 4.33. The highest BCUT2D eigenvalue weighted by atomic mass is 16.5. The van der Waals surface area contributed by atoms with E-state index in [1.807, 2.05) is 60.1 Å². The number of ether oxygens (including phenoxy) is 1. The van der Waals surface area contributed by atoms with Crippen molar-refractivity contribution in [1.29, 1.82) is 0 Å². The van der Waals surface area contributed by atoms with Crippen molar-refractivity contribution >= 4 is 10.9 Å². The quantitative estimate of drug-likeness (QED) is 0.474. The van der Waals surface area contributed by atoms with Crippen molar-refractivity contribution in [2.75, 3.05) is 20.2 Å². The lowest BCUT2D eigenvalue weighted by Gasteiger charge is -2.36. The summed E-state index contributed by atoms with van der Waals surface area (Å²) in [6.07, 6.45) is 2.27. The molecule has 34 heavy (non-hydrogen) atoms. The van der Waals surface area contributed by atoms with E-state index in [-0.39, 0.29) is 11.6 Å². The van der Waals surface area contributed by atoms with Gasteiger partial charge in [0.05, 0.1) is 19.2 Å². The Morgan fingerprint density at radius 3 is 2.79 bits per heavy atom. The second-order valence-electron chi connectivity index (χ2n) is 9.28. The fraction of sp³-hybridized carbons (Fsp3) is 0.385. The summed E-state index contributed by atoms with van der Waals surface area (Å²) in [5, 5.41) is 13.8. The number of H-pyrrole nitrogens is 1. The highest BCUT2D eigenvalue weighted by Crippen LogP contribution is 2.31. The molecular weight excluding hydrogens is 428 g/mol. The molecular formula is C26H30N6O2. The van der Waals surface area contributed by atoms with Crippen LogP contribution in [0, 0.1) is 12.8 Å². The minimum atomic E-state index is -0.329. The number of aromatic amines is 1. The molecule has 2 aromatic carbocycles. The van der Waals surface area contributed by atoms with Crippen LogP contribution in [-0.4, -0.2) is 50.3 Å². The van der Waals surface area contributed by atoms with Crippen LogP contribution in [0.4, 0.5) is 0 Å². The molecule has 2 aromatic heterocycles. The molecule has 0 radical (unpaired) electrons. The molecule has 1 fully saturated rings. The minimum absolute atomic E-state index is 0.0935. The number of aromatic nitrogens is 5. The third-order valence-corrected chi connectivity index (χ3v) is 6.76. The fourth-order valence-corrected chi connectivity index (χ4v) is 4.99. The Kier molecular flexibility index (Phi) is 6.15. The van der Waals surface area contributed by atoms with Crippen molar-refractivity contribution < 1.29 is 4.74 Å². The second-order valence-corrected chi connectivity index (χ2v) is 9.28. The van der Waals surface area contributed by atoms with Crippen molar-refractivity contribution in [2.45, 2.75) is 39.3 Å². The zero-order valence-corrected chi connectivity index (χ0v) is 19.9. The highest BCUT2D eigenvalue weighted by molar-refractivity contribution is 5.82. The van der Waals surface area contributed by atoms with E-state index in [0.29, 0.717) is 23.9 Å². The predicted octanol–water partition coefficient (Wildman–Crippen LogP) is 3.70. The summed E-state index contributed by atoms with van der Waals surface area (Å²) >= 11 is 0. The zero-order chi connectivity index (χ0) is 23.7. The van der Waals surface area contributed by atoms with Gasteiger partial charge in [0.25, 0.3) is 5.56 Å². The Balaban J connectivity index is 1.60. The lowest BCUT2D eigenvalue weighted by molar-refractivity contribution is 0.141. The van der Waals surface area contributed by atoms with Gasteiger partial charge in [-0.3, -0.25) is 9.69 Å². The molecule has 1 aliphatic rings. The van der Waals surface area contributed by atoms with Crippen LogP contribution in [0.3, 0.4) is 0 Å². The minimum Gasteiger partial charge on any atom is -0.497 e. The number of likely N-dealkylation sites (tertiary alicyclic amines) is 1. The van der Waals surface area contributed by atoms with E-state index >= 15 is 0 Å². The molecule has 0 spiro atoms. The van der Waals surface area contributed by atoms with E-state index in [4.69, 9.17) is 4.74 Å². The Morgan fingerprint density at radius 1 is 1.21 bits per heavy atom. The third-order valence-electron chi connectivity index (χ3n) is 6.76. The molecule has 3 heterocycles. The van der Waals surface area contributed by atoms with Gasteiger partial charge in [0.2, 0.25) is 0 Å². The van der Waals surface area contributed by atoms with Gasteiger partial charge in [-0.05, 0) is 77.4 Å². The average Bonchev–Trinajstić information content (AvgIpc) is 3.28. The van der Waals surface area contributed by atoms with E-state index in [2.05, 4.69) is 32.3 Å². The number of nitrogens with zero attached hydrogens (tertiary/aromatic N) is 5. The molecule has 1 saturated heterocycles. The molecule has 5 rings (SSSR count). The number of nitrogens with one attached hydrogen (secondary N) is 1. The van der Waals surface area contributed by atoms with E-state index in [9.17, 15) is 4.79 Å². The first-order valence-electron chi connectivity index (χ1n) is 11.8. The summed E-state index contributed by atoms with van der Waals surface area (Å²) in [5.41, 5.74) is 3.57. The number of pyridine rings is 1. The standard InChI is InChI=1S/C26H30N6O2/c1-17-6-5-13-31(15-17)24(22-14-20-8-4-7-18(2)23(20)27-26(22)33)25-28-29-30-32(25)16-19-9-11-21(34-3)12-10-19/h4,7-12,14,17,24H,5-6,13,15-16H2,1-3H3,(H,27,33). The molecule has 4 aromatic rings. The zero-order valence-electron chi connectivity index (χ0n) is 19.9. The number of fused-ring (bicyclic) bond motifs is 1. The van der Waals surface area contributed by atoms with Crippen molar-refractivity contribution in [2.24, 2.45) is 5.92 Å². The predicted molar refractivity (Wildman–Crippen MR) is 131 cm³/mol. The molecule has 1 N–H and O–H groups in total. The fourth-order valence-electron chi connectivity index (χ4n) is 4.99. The topological polar surface area (TPSA) is 88.9 Å². The number of benzene rings is 2. The molecule has 2 atom stereocenters. The van der Waals surface area contributed by atoms with Crippen LogP contribution in [0.25, 0.3) is 10.9 Å². The molecule has 2 unspecified atom stereocenters. The maximum Gasteiger partial charge on any atom is 0.253 e. The van der Waals surface area contributed by atoms with Gasteiger partial charge in [-0.15, -0.1) is 5.10 Å². The number of hydrogen-bond acceptors (Lipinski definition) is 6. The molecule has 0 bridgehead atoms. The molecule has 0 saturated carbocycles. The van der Waals surface area contributed by atoms with Crippen molar-refractivity contribution in [3.05, 3.63) is 81.4 Å². The summed E-state index contributed by atoms with van der Waals surface area (Å²) in [7, 11) is 1.65. The molecule has 0 amide bonds. The molecule has 8 heteroatoms. The van der Waals surface area contributed by atoms with E-state index in [0.717, 1.165) is 47.3 Å². The monoisotopic (exact) mass is 458 g/mol. The van der Waals surface area contributed by atoms with Crippen molar-refractivity contribution in [3.63, 3.8) is 0 Å². The number of aryl methyl sites for hydroxylation is 1. The van der Waals surface area contributed by atoms with Crippen LogP contribution >= 0.6 is 0 Å². The number of rotatable bonds is 6. The van der Waals surface area contributed by atoms with Crippen LogP contribution < -0.4 is 10.3 Å². The first kappa shape index (κ1) is 22.3. The van der Waals surface area contributed by atoms with Crippen LogP contribution in [-0.2, 0) is 6.54 Å². The van der Waals surface area contributed by atoms with E-state index < -0.39 is 0 Å². The lowest BCUT2D eigenvalue weighted by atomic mass is 9.95. The van der Waals surface area contributed by atoms with Gasteiger partial charge in [-0.2, -0.15) is 0 Å².